The number of para-hydroxylation sites is 1. The summed E-state index contributed by atoms with van der Waals surface area (Å²) < 4.78 is 0. The van der Waals surface area contributed by atoms with Gasteiger partial charge in [0.2, 0.25) is 0 Å². The topological polar surface area (TPSA) is 48.5 Å². The van der Waals surface area contributed by atoms with E-state index in [1.807, 2.05) is 24.4 Å². The predicted molar refractivity (Wildman–Crippen MR) is 99.4 cm³/mol. The number of likely N-dealkylation sites (tertiary alicyclic amines) is 1. The minimum absolute atomic E-state index is 0.0818. The van der Waals surface area contributed by atoms with Crippen LogP contribution >= 0.6 is 0 Å². The van der Waals surface area contributed by atoms with Gasteiger partial charge in [0.05, 0.1) is 5.52 Å². The number of carbonyl (C=O) groups is 1. The molecule has 2 amide bonds. The molecule has 0 spiro atoms. The van der Waals surface area contributed by atoms with Crippen molar-refractivity contribution in [1.82, 2.24) is 20.1 Å². The van der Waals surface area contributed by atoms with Crippen LogP contribution in [-0.4, -0.2) is 52.5 Å². The van der Waals surface area contributed by atoms with Crippen molar-refractivity contribution < 1.29 is 4.79 Å². The SMILES string of the molecule is CCN1CC[C@H]2CC[C@@H](C1)N2C(=O)NCc1cccc2cccnc12. The van der Waals surface area contributed by atoms with E-state index in [9.17, 15) is 4.79 Å². The summed E-state index contributed by atoms with van der Waals surface area (Å²) in [6.07, 6.45) is 5.17. The molecule has 0 saturated carbocycles. The van der Waals surface area contributed by atoms with Crippen molar-refractivity contribution in [1.29, 1.82) is 0 Å². The first kappa shape index (κ1) is 16.3. The Morgan fingerprint density at radius 2 is 2.04 bits per heavy atom. The van der Waals surface area contributed by atoms with Gasteiger partial charge < -0.3 is 15.1 Å². The number of hydrogen-bond donors (Lipinski definition) is 1. The Balaban J connectivity index is 1.47. The standard InChI is InChI=1S/C20H26N4O/c1-2-23-12-10-17-8-9-18(14-23)24(17)20(25)22-13-16-6-3-5-15-7-4-11-21-19(15)16/h3-7,11,17-18H,2,8-10,12-14H2,1H3,(H,22,25)/t17-,18+/m1/s1. The molecule has 0 unspecified atom stereocenters. The van der Waals surface area contributed by atoms with Crippen LogP contribution in [0.1, 0.15) is 31.7 Å². The molecule has 4 rings (SSSR count). The van der Waals surface area contributed by atoms with Gasteiger partial charge in [-0.3, -0.25) is 4.98 Å². The molecule has 2 fully saturated rings. The number of nitrogens with zero attached hydrogens (tertiary/aromatic N) is 3. The van der Waals surface area contributed by atoms with Gasteiger partial charge in [-0.1, -0.05) is 31.2 Å². The van der Waals surface area contributed by atoms with Gasteiger partial charge in [0, 0.05) is 43.3 Å². The van der Waals surface area contributed by atoms with Crippen molar-refractivity contribution in [2.45, 2.75) is 44.8 Å². The average Bonchev–Trinajstić information content (AvgIpc) is 2.94. The maximum atomic E-state index is 12.9. The smallest absolute Gasteiger partial charge is 0.318 e. The number of aromatic nitrogens is 1. The Morgan fingerprint density at radius 1 is 1.20 bits per heavy atom. The Hall–Kier alpha value is -2.14. The van der Waals surface area contributed by atoms with Crippen molar-refractivity contribution in [3.8, 4) is 0 Å². The molecule has 0 radical (unpaired) electrons. The molecular formula is C20H26N4O. The molecule has 2 bridgehead atoms. The van der Waals surface area contributed by atoms with E-state index in [2.05, 4.69) is 39.2 Å². The number of likely N-dealkylation sites (N-methyl/N-ethyl adjacent to an activating group) is 1. The van der Waals surface area contributed by atoms with Crippen LogP contribution in [0.25, 0.3) is 10.9 Å². The zero-order valence-corrected chi connectivity index (χ0v) is 14.8. The first-order valence-electron chi connectivity index (χ1n) is 9.37. The minimum atomic E-state index is 0.0818. The summed E-state index contributed by atoms with van der Waals surface area (Å²) >= 11 is 0. The first-order chi connectivity index (χ1) is 12.3. The fourth-order valence-electron chi connectivity index (χ4n) is 4.34. The molecule has 2 aliphatic rings. The second kappa shape index (κ2) is 7.00. The third-order valence-electron chi connectivity index (χ3n) is 5.70. The zero-order chi connectivity index (χ0) is 17.2. The molecule has 25 heavy (non-hydrogen) atoms. The van der Waals surface area contributed by atoms with E-state index in [0.29, 0.717) is 18.6 Å². The van der Waals surface area contributed by atoms with Gasteiger partial charge in [0.15, 0.2) is 0 Å². The highest BCUT2D eigenvalue weighted by molar-refractivity contribution is 5.82. The molecule has 3 heterocycles. The van der Waals surface area contributed by atoms with Crippen LogP contribution in [0.15, 0.2) is 36.5 Å². The second-order valence-electron chi connectivity index (χ2n) is 7.13. The molecule has 5 nitrogen and oxygen atoms in total. The van der Waals surface area contributed by atoms with Crippen molar-refractivity contribution in [3.05, 3.63) is 42.1 Å². The van der Waals surface area contributed by atoms with Crippen LogP contribution in [0.4, 0.5) is 4.79 Å². The monoisotopic (exact) mass is 338 g/mol. The summed E-state index contributed by atoms with van der Waals surface area (Å²) in [5.41, 5.74) is 2.05. The van der Waals surface area contributed by atoms with Gasteiger partial charge >= 0.3 is 6.03 Å². The summed E-state index contributed by atoms with van der Waals surface area (Å²) in [5.74, 6) is 0. The Bertz CT molecular complexity index is 757. The van der Waals surface area contributed by atoms with Crippen LogP contribution in [-0.2, 0) is 6.54 Å². The Kier molecular flexibility index (Phi) is 4.57. The number of hydrogen-bond acceptors (Lipinski definition) is 3. The Labute approximate surface area is 149 Å². The van der Waals surface area contributed by atoms with Crippen LogP contribution in [0.2, 0.25) is 0 Å². The summed E-state index contributed by atoms with van der Waals surface area (Å²) in [6.45, 7) is 5.92. The van der Waals surface area contributed by atoms with E-state index in [0.717, 1.165) is 55.4 Å². The minimum Gasteiger partial charge on any atom is -0.334 e. The molecular weight excluding hydrogens is 312 g/mol. The van der Waals surface area contributed by atoms with Gasteiger partial charge in [-0.05, 0) is 37.4 Å². The normalized spacial score (nSPS) is 23.6. The van der Waals surface area contributed by atoms with Crippen molar-refractivity contribution >= 4 is 16.9 Å². The maximum Gasteiger partial charge on any atom is 0.318 e. The van der Waals surface area contributed by atoms with Gasteiger partial charge in [-0.2, -0.15) is 0 Å². The van der Waals surface area contributed by atoms with Crippen molar-refractivity contribution in [2.75, 3.05) is 19.6 Å². The highest BCUT2D eigenvalue weighted by atomic mass is 16.2. The highest BCUT2D eigenvalue weighted by Crippen LogP contribution is 2.30. The number of amides is 2. The molecule has 2 saturated heterocycles. The van der Waals surface area contributed by atoms with Crippen LogP contribution in [0.5, 0.6) is 0 Å². The van der Waals surface area contributed by atoms with E-state index in [4.69, 9.17) is 0 Å². The second-order valence-corrected chi connectivity index (χ2v) is 7.13. The number of nitrogens with one attached hydrogen (secondary N) is 1. The van der Waals surface area contributed by atoms with E-state index in [1.165, 1.54) is 0 Å². The fourth-order valence-corrected chi connectivity index (χ4v) is 4.34. The van der Waals surface area contributed by atoms with Crippen LogP contribution in [0, 0.1) is 0 Å². The van der Waals surface area contributed by atoms with Gasteiger partial charge in [0.25, 0.3) is 0 Å². The van der Waals surface area contributed by atoms with E-state index < -0.39 is 0 Å². The van der Waals surface area contributed by atoms with Crippen molar-refractivity contribution in [3.63, 3.8) is 0 Å². The third kappa shape index (κ3) is 3.21. The quantitative estimate of drug-likeness (QED) is 0.936. The molecule has 1 N–H and O–H groups in total. The van der Waals surface area contributed by atoms with Gasteiger partial charge in [-0.15, -0.1) is 0 Å². The zero-order valence-electron chi connectivity index (χ0n) is 14.8. The number of urea groups is 1. The van der Waals surface area contributed by atoms with E-state index >= 15 is 0 Å². The number of carbonyl (C=O) groups excluding carboxylic acids is 1. The Morgan fingerprint density at radius 3 is 2.92 bits per heavy atom. The van der Waals surface area contributed by atoms with E-state index in [-0.39, 0.29) is 6.03 Å². The number of benzene rings is 1. The lowest BCUT2D eigenvalue weighted by Crippen LogP contribution is -2.47. The molecule has 5 heteroatoms. The van der Waals surface area contributed by atoms with E-state index in [1.54, 1.807) is 0 Å². The first-order valence-corrected chi connectivity index (χ1v) is 9.37. The number of fused-ring (bicyclic) bond motifs is 3. The molecule has 0 aliphatic carbocycles. The summed E-state index contributed by atoms with van der Waals surface area (Å²) in [7, 11) is 0. The fraction of sp³-hybridized carbons (Fsp3) is 0.500. The lowest BCUT2D eigenvalue weighted by Gasteiger charge is -2.29. The van der Waals surface area contributed by atoms with Gasteiger partial charge in [-0.25, -0.2) is 4.79 Å². The summed E-state index contributed by atoms with van der Waals surface area (Å²) in [4.78, 5) is 22.0. The molecule has 2 atom stereocenters. The number of pyridine rings is 1. The van der Waals surface area contributed by atoms with Gasteiger partial charge in [0.1, 0.15) is 0 Å². The van der Waals surface area contributed by atoms with Crippen molar-refractivity contribution in [2.24, 2.45) is 0 Å². The molecule has 2 aliphatic heterocycles. The molecule has 1 aromatic carbocycles. The lowest BCUT2D eigenvalue weighted by molar-refractivity contribution is 0.170. The summed E-state index contributed by atoms with van der Waals surface area (Å²) in [6, 6.07) is 11.0. The van der Waals surface area contributed by atoms with Crippen LogP contribution in [0.3, 0.4) is 0 Å². The number of rotatable bonds is 3. The average molecular weight is 338 g/mol. The largest absolute Gasteiger partial charge is 0.334 e. The molecule has 1 aromatic heterocycles. The molecule has 2 aromatic rings. The maximum absolute atomic E-state index is 12.9. The third-order valence-corrected chi connectivity index (χ3v) is 5.70. The highest BCUT2D eigenvalue weighted by Gasteiger charge is 2.39. The molecule has 132 valence electrons. The summed E-state index contributed by atoms with van der Waals surface area (Å²) in [5, 5.41) is 4.26. The lowest BCUT2D eigenvalue weighted by atomic mass is 10.1. The van der Waals surface area contributed by atoms with Crippen LogP contribution < -0.4 is 5.32 Å². The predicted octanol–water partition coefficient (Wildman–Crippen LogP) is 3.00.